The average Bonchev–Trinajstić information content (AvgIpc) is 3.17. The van der Waals surface area contributed by atoms with Crippen molar-refractivity contribution in [3.8, 4) is 11.3 Å². The van der Waals surface area contributed by atoms with Gasteiger partial charge in [-0.25, -0.2) is 4.98 Å². The molecule has 0 unspecified atom stereocenters. The first-order chi connectivity index (χ1) is 13.7. The van der Waals surface area contributed by atoms with Crippen LogP contribution in [0.15, 0.2) is 60.0 Å². The lowest BCUT2D eigenvalue weighted by atomic mass is 10.1. The lowest BCUT2D eigenvalue weighted by Crippen LogP contribution is -2.10. The van der Waals surface area contributed by atoms with Gasteiger partial charge in [0.1, 0.15) is 0 Å². The molecule has 1 N–H and O–H groups in total. The van der Waals surface area contributed by atoms with Crippen LogP contribution in [0.2, 0.25) is 0 Å². The standard InChI is InChI=1S/C21H22N6S/c1-14(2)17-13-24-27-19(17)25-21(28-3)26-20(27)23-12-15-9-10-18(22-11-15)16-7-5-4-6-8-16/h4-11,13-14H,12H2,1-3H3,(H,23,25,26). The van der Waals surface area contributed by atoms with Crippen molar-refractivity contribution in [3.05, 3.63) is 66.0 Å². The zero-order valence-electron chi connectivity index (χ0n) is 16.1. The number of hydrogen-bond donors (Lipinski definition) is 1. The summed E-state index contributed by atoms with van der Waals surface area (Å²) in [5, 5.41) is 8.60. The molecular formula is C21H22N6S. The summed E-state index contributed by atoms with van der Waals surface area (Å²) in [4.78, 5) is 13.8. The minimum Gasteiger partial charge on any atom is -0.350 e. The molecule has 6 nitrogen and oxygen atoms in total. The minimum atomic E-state index is 0.352. The number of aromatic nitrogens is 5. The molecule has 0 fully saturated rings. The van der Waals surface area contributed by atoms with Crippen LogP contribution in [-0.4, -0.2) is 30.8 Å². The van der Waals surface area contributed by atoms with E-state index in [0.717, 1.165) is 33.2 Å². The molecule has 0 aliphatic carbocycles. The molecule has 3 heterocycles. The Morgan fingerprint density at radius 2 is 1.86 bits per heavy atom. The summed E-state index contributed by atoms with van der Waals surface area (Å²) in [5.41, 5.74) is 5.13. The monoisotopic (exact) mass is 390 g/mol. The Hall–Kier alpha value is -2.93. The SMILES string of the molecule is CSc1nc(NCc2ccc(-c3ccccc3)nc2)n2ncc(C(C)C)c2n1. The van der Waals surface area contributed by atoms with Crippen LogP contribution in [-0.2, 0) is 6.54 Å². The van der Waals surface area contributed by atoms with E-state index in [-0.39, 0.29) is 0 Å². The number of pyridine rings is 1. The van der Waals surface area contributed by atoms with Crippen molar-refractivity contribution in [1.82, 2.24) is 24.6 Å². The molecule has 0 amide bonds. The van der Waals surface area contributed by atoms with Crippen molar-refractivity contribution >= 4 is 23.4 Å². The first kappa shape index (κ1) is 18.4. The van der Waals surface area contributed by atoms with Crippen molar-refractivity contribution in [2.75, 3.05) is 11.6 Å². The predicted molar refractivity (Wildman–Crippen MR) is 114 cm³/mol. The maximum Gasteiger partial charge on any atom is 0.228 e. The number of fused-ring (bicyclic) bond motifs is 1. The molecule has 0 aliphatic heterocycles. The molecule has 0 bridgehead atoms. The number of nitrogens with one attached hydrogen (secondary N) is 1. The van der Waals surface area contributed by atoms with Crippen LogP contribution in [0.25, 0.3) is 16.9 Å². The van der Waals surface area contributed by atoms with Gasteiger partial charge in [-0.1, -0.05) is 62.0 Å². The maximum atomic E-state index is 4.64. The van der Waals surface area contributed by atoms with Crippen LogP contribution < -0.4 is 5.32 Å². The fourth-order valence-electron chi connectivity index (χ4n) is 2.98. The predicted octanol–water partition coefficient (Wildman–Crippen LogP) is 4.64. The number of nitrogens with zero attached hydrogens (tertiary/aromatic N) is 5. The van der Waals surface area contributed by atoms with Crippen LogP contribution >= 0.6 is 11.8 Å². The summed E-state index contributed by atoms with van der Waals surface area (Å²) < 4.78 is 1.78. The number of benzene rings is 1. The molecule has 28 heavy (non-hydrogen) atoms. The van der Waals surface area contributed by atoms with Crippen molar-refractivity contribution in [1.29, 1.82) is 0 Å². The van der Waals surface area contributed by atoms with E-state index in [1.165, 1.54) is 11.8 Å². The normalized spacial score (nSPS) is 11.3. The molecule has 3 aromatic heterocycles. The van der Waals surface area contributed by atoms with Gasteiger partial charge in [0.15, 0.2) is 10.8 Å². The zero-order valence-corrected chi connectivity index (χ0v) is 16.9. The highest BCUT2D eigenvalue weighted by Gasteiger charge is 2.14. The van der Waals surface area contributed by atoms with Gasteiger partial charge in [0, 0.05) is 23.9 Å². The quantitative estimate of drug-likeness (QED) is 0.484. The number of thioether (sulfide) groups is 1. The maximum absolute atomic E-state index is 4.64. The Kier molecular flexibility index (Phi) is 5.25. The topological polar surface area (TPSA) is 68.0 Å². The third kappa shape index (κ3) is 3.71. The van der Waals surface area contributed by atoms with Gasteiger partial charge in [0.2, 0.25) is 5.95 Å². The third-order valence-corrected chi connectivity index (χ3v) is 5.07. The van der Waals surface area contributed by atoms with E-state index in [0.29, 0.717) is 18.4 Å². The van der Waals surface area contributed by atoms with Crippen molar-refractivity contribution in [3.63, 3.8) is 0 Å². The molecule has 4 aromatic rings. The van der Waals surface area contributed by atoms with E-state index >= 15 is 0 Å². The van der Waals surface area contributed by atoms with E-state index in [9.17, 15) is 0 Å². The molecule has 4 rings (SSSR count). The summed E-state index contributed by atoms with van der Waals surface area (Å²) in [6.45, 7) is 4.90. The Morgan fingerprint density at radius 3 is 2.54 bits per heavy atom. The molecule has 0 radical (unpaired) electrons. The minimum absolute atomic E-state index is 0.352. The van der Waals surface area contributed by atoms with Gasteiger partial charge in [0.25, 0.3) is 0 Å². The van der Waals surface area contributed by atoms with Gasteiger partial charge in [-0.15, -0.1) is 0 Å². The van der Waals surface area contributed by atoms with Crippen LogP contribution in [0, 0.1) is 0 Å². The number of hydrogen-bond acceptors (Lipinski definition) is 6. The molecule has 0 spiro atoms. The summed E-state index contributed by atoms with van der Waals surface area (Å²) in [7, 11) is 0. The zero-order chi connectivity index (χ0) is 19.5. The fraction of sp³-hybridized carbons (Fsp3) is 0.238. The number of rotatable bonds is 6. The van der Waals surface area contributed by atoms with E-state index in [1.807, 2.05) is 42.9 Å². The molecule has 0 atom stereocenters. The van der Waals surface area contributed by atoms with Crippen molar-refractivity contribution < 1.29 is 0 Å². The molecule has 0 saturated carbocycles. The fourth-order valence-corrected chi connectivity index (χ4v) is 3.33. The Morgan fingerprint density at radius 1 is 1.04 bits per heavy atom. The summed E-state index contributed by atoms with van der Waals surface area (Å²) in [6, 6.07) is 14.3. The first-order valence-electron chi connectivity index (χ1n) is 9.19. The lowest BCUT2D eigenvalue weighted by Gasteiger charge is -2.10. The van der Waals surface area contributed by atoms with E-state index < -0.39 is 0 Å². The van der Waals surface area contributed by atoms with Crippen LogP contribution in [0.5, 0.6) is 0 Å². The van der Waals surface area contributed by atoms with Gasteiger partial charge in [-0.2, -0.15) is 14.6 Å². The van der Waals surface area contributed by atoms with Crippen LogP contribution in [0.1, 0.15) is 30.9 Å². The Labute approximate surface area is 168 Å². The molecule has 7 heteroatoms. The second-order valence-corrected chi connectivity index (χ2v) is 7.57. The first-order valence-corrected chi connectivity index (χ1v) is 10.4. The lowest BCUT2D eigenvalue weighted by molar-refractivity contribution is 0.823. The Bertz CT molecular complexity index is 1070. The highest BCUT2D eigenvalue weighted by atomic mass is 32.2. The van der Waals surface area contributed by atoms with Gasteiger partial charge in [0.05, 0.1) is 11.9 Å². The smallest absolute Gasteiger partial charge is 0.228 e. The van der Waals surface area contributed by atoms with Crippen LogP contribution in [0.3, 0.4) is 0 Å². The van der Waals surface area contributed by atoms with Gasteiger partial charge in [-0.3, -0.25) is 4.98 Å². The second kappa shape index (κ2) is 7.98. The number of anilines is 1. The molecule has 142 valence electrons. The molecule has 1 aromatic carbocycles. The summed E-state index contributed by atoms with van der Waals surface area (Å²) >= 11 is 1.53. The van der Waals surface area contributed by atoms with E-state index in [4.69, 9.17) is 0 Å². The van der Waals surface area contributed by atoms with Gasteiger partial charge < -0.3 is 5.32 Å². The van der Waals surface area contributed by atoms with Crippen molar-refractivity contribution in [2.24, 2.45) is 0 Å². The summed E-state index contributed by atoms with van der Waals surface area (Å²) in [6.07, 6.45) is 5.75. The van der Waals surface area contributed by atoms with Crippen LogP contribution in [0.4, 0.5) is 5.95 Å². The van der Waals surface area contributed by atoms with E-state index in [2.05, 4.69) is 57.4 Å². The van der Waals surface area contributed by atoms with Gasteiger partial charge >= 0.3 is 0 Å². The largest absolute Gasteiger partial charge is 0.350 e. The second-order valence-electron chi connectivity index (χ2n) is 6.80. The third-order valence-electron chi connectivity index (χ3n) is 4.52. The van der Waals surface area contributed by atoms with Gasteiger partial charge in [-0.05, 0) is 23.8 Å². The highest BCUT2D eigenvalue weighted by Crippen LogP contribution is 2.23. The molecule has 0 aliphatic rings. The summed E-state index contributed by atoms with van der Waals surface area (Å²) in [5.74, 6) is 1.04. The molecular weight excluding hydrogens is 368 g/mol. The Balaban J connectivity index is 1.57. The average molecular weight is 391 g/mol. The van der Waals surface area contributed by atoms with Crippen molar-refractivity contribution in [2.45, 2.75) is 31.5 Å². The molecule has 0 saturated heterocycles. The highest BCUT2D eigenvalue weighted by molar-refractivity contribution is 7.98. The van der Waals surface area contributed by atoms with E-state index in [1.54, 1.807) is 4.52 Å².